The van der Waals surface area contributed by atoms with Crippen molar-refractivity contribution in [3.8, 4) is 0 Å². The molecule has 1 aliphatic rings. The lowest BCUT2D eigenvalue weighted by Gasteiger charge is -2.29. The Hall–Kier alpha value is -1.10. The molecule has 2 rings (SSSR count). The number of piperazine rings is 1. The van der Waals surface area contributed by atoms with Crippen LogP contribution in [0.1, 0.15) is 18.4 Å². The van der Waals surface area contributed by atoms with Crippen molar-refractivity contribution in [2.24, 2.45) is 0 Å². The largest absolute Gasteiger partial charge is 0.389 e. The van der Waals surface area contributed by atoms with Crippen LogP contribution in [0, 0.1) is 5.82 Å². The molecular weight excluding hydrogens is 398 g/mol. The molecule has 1 aliphatic heterocycles. The minimum absolute atomic E-state index is 0. The topological polar surface area (TPSA) is 61.4 Å². The van der Waals surface area contributed by atoms with E-state index < -0.39 is 40.6 Å². The van der Waals surface area contributed by atoms with Crippen LogP contribution in [-0.2, 0) is 16.6 Å². The zero-order valence-electron chi connectivity index (χ0n) is 14.0. The Bertz CT molecular complexity index is 680. The molecule has 1 aromatic carbocycles. The fourth-order valence-corrected chi connectivity index (χ4v) is 3.61. The molecule has 0 aromatic heterocycles. The van der Waals surface area contributed by atoms with Crippen molar-refractivity contribution >= 4 is 28.1 Å². The van der Waals surface area contributed by atoms with Gasteiger partial charge < -0.3 is 10.2 Å². The number of rotatable bonds is 7. The highest BCUT2D eigenvalue weighted by molar-refractivity contribution is 7.89. The lowest BCUT2D eigenvalue weighted by atomic mass is 10.1. The Morgan fingerprint density at radius 3 is 2.42 bits per heavy atom. The van der Waals surface area contributed by atoms with Crippen molar-refractivity contribution in [2.45, 2.75) is 25.6 Å². The highest BCUT2D eigenvalue weighted by atomic mass is 35.5. The molecule has 11 heteroatoms. The smallest absolute Gasteiger partial charge is 0.367 e. The molecule has 1 fully saturated rings. The standard InChI is InChI=1S/C15H21F4N3O2S.ClH/c16-13-10-12(2-3-14(13)22-7-5-20-6-8-22)11-21-25(23,24)9-1-4-15(17,18)19;/h2-3,10,20-21H,1,4-9,11H2;1H. The highest BCUT2D eigenvalue weighted by Gasteiger charge is 2.27. The van der Waals surface area contributed by atoms with E-state index in [1.165, 1.54) is 6.07 Å². The average molecular weight is 420 g/mol. The van der Waals surface area contributed by atoms with Crippen molar-refractivity contribution in [3.63, 3.8) is 0 Å². The molecule has 5 nitrogen and oxygen atoms in total. The quantitative estimate of drug-likeness (QED) is 0.666. The van der Waals surface area contributed by atoms with Gasteiger partial charge in [-0.1, -0.05) is 6.07 Å². The van der Waals surface area contributed by atoms with Crippen molar-refractivity contribution in [1.82, 2.24) is 10.0 Å². The van der Waals surface area contributed by atoms with Crippen LogP contribution in [0.5, 0.6) is 0 Å². The van der Waals surface area contributed by atoms with Crippen molar-refractivity contribution < 1.29 is 26.0 Å². The van der Waals surface area contributed by atoms with Gasteiger partial charge in [-0.25, -0.2) is 17.5 Å². The maximum absolute atomic E-state index is 14.2. The zero-order valence-corrected chi connectivity index (χ0v) is 15.6. The van der Waals surface area contributed by atoms with Crippen LogP contribution in [-0.4, -0.2) is 46.5 Å². The molecule has 0 atom stereocenters. The van der Waals surface area contributed by atoms with E-state index in [9.17, 15) is 26.0 Å². The average Bonchev–Trinajstić information content (AvgIpc) is 2.52. The number of anilines is 1. The lowest BCUT2D eigenvalue weighted by Crippen LogP contribution is -2.43. The number of benzene rings is 1. The fourth-order valence-electron chi connectivity index (χ4n) is 2.55. The van der Waals surface area contributed by atoms with Gasteiger partial charge in [0, 0.05) is 39.1 Å². The van der Waals surface area contributed by atoms with Gasteiger partial charge in [0.1, 0.15) is 5.82 Å². The summed E-state index contributed by atoms with van der Waals surface area (Å²) < 4.78 is 76.0. The van der Waals surface area contributed by atoms with Gasteiger partial charge in [0.15, 0.2) is 0 Å². The predicted molar refractivity (Wildman–Crippen MR) is 94.6 cm³/mol. The van der Waals surface area contributed by atoms with Crippen molar-refractivity contribution in [3.05, 3.63) is 29.6 Å². The Morgan fingerprint density at radius 1 is 1.19 bits per heavy atom. The molecule has 0 saturated carbocycles. The molecule has 0 spiro atoms. The minimum Gasteiger partial charge on any atom is -0.367 e. The van der Waals surface area contributed by atoms with Crippen LogP contribution in [0.4, 0.5) is 23.2 Å². The van der Waals surface area contributed by atoms with Gasteiger partial charge in [0.25, 0.3) is 0 Å². The summed E-state index contributed by atoms with van der Waals surface area (Å²) in [5, 5.41) is 3.17. The van der Waals surface area contributed by atoms with Crippen molar-refractivity contribution in [2.75, 3.05) is 36.8 Å². The van der Waals surface area contributed by atoms with E-state index >= 15 is 0 Å². The van der Waals surface area contributed by atoms with Crippen LogP contribution in [0.15, 0.2) is 18.2 Å². The van der Waals surface area contributed by atoms with Crippen LogP contribution in [0.2, 0.25) is 0 Å². The van der Waals surface area contributed by atoms with E-state index in [2.05, 4.69) is 10.0 Å². The minimum atomic E-state index is -4.38. The number of hydrogen-bond acceptors (Lipinski definition) is 4. The third-order valence-electron chi connectivity index (χ3n) is 3.84. The first-order valence-corrected chi connectivity index (χ1v) is 9.60. The summed E-state index contributed by atoms with van der Waals surface area (Å²) in [7, 11) is -3.84. The zero-order chi connectivity index (χ0) is 18.5. The first-order chi connectivity index (χ1) is 11.7. The summed E-state index contributed by atoms with van der Waals surface area (Å²) >= 11 is 0. The predicted octanol–water partition coefficient (Wildman–Crippen LogP) is 2.42. The second-order valence-electron chi connectivity index (χ2n) is 5.88. The number of halogens is 5. The van der Waals surface area contributed by atoms with E-state index in [4.69, 9.17) is 0 Å². The first kappa shape index (κ1) is 22.9. The number of sulfonamides is 1. The summed E-state index contributed by atoms with van der Waals surface area (Å²) in [6.45, 7) is 2.73. The first-order valence-electron chi connectivity index (χ1n) is 7.94. The molecule has 1 saturated heterocycles. The van der Waals surface area contributed by atoms with Crippen LogP contribution >= 0.6 is 12.4 Å². The summed E-state index contributed by atoms with van der Waals surface area (Å²) in [6, 6.07) is 4.45. The molecule has 0 amide bonds. The third kappa shape index (κ3) is 7.65. The third-order valence-corrected chi connectivity index (χ3v) is 5.25. The molecule has 0 bridgehead atoms. The van der Waals surface area contributed by atoms with Gasteiger partial charge >= 0.3 is 6.18 Å². The molecule has 150 valence electrons. The maximum Gasteiger partial charge on any atom is 0.389 e. The Morgan fingerprint density at radius 2 is 1.85 bits per heavy atom. The van der Waals surface area contributed by atoms with Gasteiger partial charge in [0.2, 0.25) is 10.0 Å². The van der Waals surface area contributed by atoms with Crippen LogP contribution in [0.25, 0.3) is 0 Å². The molecule has 0 unspecified atom stereocenters. The normalized spacial score (nSPS) is 15.6. The molecule has 26 heavy (non-hydrogen) atoms. The summed E-state index contributed by atoms with van der Waals surface area (Å²) in [6.07, 6.45) is -6.03. The molecule has 1 aromatic rings. The van der Waals surface area contributed by atoms with Gasteiger partial charge in [-0.2, -0.15) is 13.2 Å². The molecule has 0 radical (unpaired) electrons. The number of nitrogens with one attached hydrogen (secondary N) is 2. The summed E-state index contributed by atoms with van der Waals surface area (Å²) in [5.74, 6) is -1.07. The number of alkyl halides is 3. The molecule has 1 heterocycles. The van der Waals surface area contributed by atoms with Gasteiger partial charge in [-0.05, 0) is 24.1 Å². The number of hydrogen-bond donors (Lipinski definition) is 2. The van der Waals surface area contributed by atoms with Gasteiger partial charge in [-0.3, -0.25) is 0 Å². The molecule has 0 aliphatic carbocycles. The van der Waals surface area contributed by atoms with E-state index in [0.29, 0.717) is 24.3 Å². The Kier molecular flexibility index (Phi) is 8.58. The van der Waals surface area contributed by atoms with E-state index in [1.54, 1.807) is 12.1 Å². The van der Waals surface area contributed by atoms with E-state index in [-0.39, 0.29) is 19.0 Å². The second kappa shape index (κ2) is 9.72. The van der Waals surface area contributed by atoms with E-state index in [1.807, 2.05) is 4.90 Å². The summed E-state index contributed by atoms with van der Waals surface area (Å²) in [4.78, 5) is 1.90. The van der Waals surface area contributed by atoms with Gasteiger partial charge in [0.05, 0.1) is 11.4 Å². The highest BCUT2D eigenvalue weighted by Crippen LogP contribution is 2.22. The summed E-state index contributed by atoms with van der Waals surface area (Å²) in [5.41, 5.74) is 0.870. The Balaban J connectivity index is 0.00000338. The van der Waals surface area contributed by atoms with E-state index in [0.717, 1.165) is 13.1 Å². The SMILES string of the molecule is Cl.O=S(=O)(CCCC(F)(F)F)NCc1ccc(N2CCNCC2)c(F)c1. The molecular formula is C15H22ClF4N3O2S. The van der Waals surface area contributed by atoms with Crippen LogP contribution < -0.4 is 14.9 Å². The maximum atomic E-state index is 14.2. The Labute approximate surface area is 156 Å². The van der Waals surface area contributed by atoms with Crippen molar-refractivity contribution in [1.29, 1.82) is 0 Å². The number of nitrogens with zero attached hydrogens (tertiary/aromatic N) is 1. The second-order valence-corrected chi connectivity index (χ2v) is 7.81. The van der Waals surface area contributed by atoms with Crippen LogP contribution in [0.3, 0.4) is 0 Å². The molecule has 2 N–H and O–H groups in total. The fraction of sp³-hybridized carbons (Fsp3) is 0.600. The lowest BCUT2D eigenvalue weighted by molar-refractivity contribution is -0.134. The van der Waals surface area contributed by atoms with Gasteiger partial charge in [-0.15, -0.1) is 12.4 Å². The monoisotopic (exact) mass is 419 g/mol.